The zero-order valence-electron chi connectivity index (χ0n) is 17.9. The Kier molecular flexibility index (Phi) is 5.12. The van der Waals surface area contributed by atoms with E-state index in [1.54, 1.807) is 26.8 Å². The number of ether oxygens (including phenoxy) is 3. The quantitative estimate of drug-likeness (QED) is 0.561. The molecule has 0 radical (unpaired) electrons. The molecule has 0 unspecified atom stereocenters. The van der Waals surface area contributed by atoms with E-state index in [0.717, 1.165) is 4.57 Å². The third kappa shape index (κ3) is 3.89. The molecule has 0 saturated carbocycles. The Labute approximate surface area is 183 Å². The van der Waals surface area contributed by atoms with E-state index >= 15 is 0 Å². The summed E-state index contributed by atoms with van der Waals surface area (Å²) >= 11 is 0. The van der Waals surface area contributed by atoms with E-state index in [1.807, 2.05) is 0 Å². The van der Waals surface area contributed by atoms with Gasteiger partial charge in [0, 0.05) is 22.9 Å². The van der Waals surface area contributed by atoms with Gasteiger partial charge in [-0.15, -0.1) is 0 Å². The predicted octanol–water partition coefficient (Wildman–Crippen LogP) is 3.97. The lowest BCUT2D eigenvalue weighted by Crippen LogP contribution is -2.28. The second-order valence-corrected chi connectivity index (χ2v) is 8.30. The van der Waals surface area contributed by atoms with Gasteiger partial charge in [-0.05, 0) is 51.1 Å². The first-order valence-electron chi connectivity index (χ1n) is 9.81. The Morgan fingerprint density at radius 2 is 1.97 bits per heavy atom. The number of allylic oxidation sites excluding steroid dienone is 1. The van der Waals surface area contributed by atoms with E-state index in [1.165, 1.54) is 37.6 Å². The summed E-state index contributed by atoms with van der Waals surface area (Å²) in [5.41, 5.74) is 1.60. The van der Waals surface area contributed by atoms with Gasteiger partial charge in [0.25, 0.3) is 5.91 Å². The van der Waals surface area contributed by atoms with Gasteiger partial charge in [0.15, 0.2) is 0 Å². The molecule has 9 heteroatoms. The van der Waals surface area contributed by atoms with Gasteiger partial charge in [-0.3, -0.25) is 4.79 Å². The normalized spacial score (nSPS) is 17.4. The van der Waals surface area contributed by atoms with Gasteiger partial charge < -0.3 is 19.5 Å². The lowest BCUT2D eigenvalue weighted by atomic mass is 10.0. The first-order chi connectivity index (χ1) is 15.1. The number of halogens is 1. The summed E-state index contributed by atoms with van der Waals surface area (Å²) in [6.45, 7) is 5.27. The Morgan fingerprint density at radius 3 is 2.66 bits per heavy atom. The van der Waals surface area contributed by atoms with Crippen LogP contribution in [0.3, 0.4) is 0 Å². The number of carbonyl (C=O) groups is 3. The molecule has 1 aromatic heterocycles. The molecule has 0 spiro atoms. The zero-order valence-corrected chi connectivity index (χ0v) is 17.9. The average Bonchev–Trinajstić information content (AvgIpc) is 3.41. The van der Waals surface area contributed by atoms with Gasteiger partial charge in [0.2, 0.25) is 0 Å². The number of esters is 1. The summed E-state index contributed by atoms with van der Waals surface area (Å²) in [6.07, 6.45) is 2.39. The first kappa shape index (κ1) is 21.4. The molecule has 2 aliphatic rings. The number of benzene rings is 1. The summed E-state index contributed by atoms with van der Waals surface area (Å²) in [7, 11) is 1.22. The number of fused-ring (bicyclic) bond motifs is 1. The summed E-state index contributed by atoms with van der Waals surface area (Å²) in [6, 6.07) is 5.51. The molecule has 2 aliphatic heterocycles. The third-order valence-electron chi connectivity index (χ3n) is 4.84. The van der Waals surface area contributed by atoms with Gasteiger partial charge >= 0.3 is 12.1 Å². The highest BCUT2D eigenvalue weighted by Crippen LogP contribution is 2.38. The molecule has 0 saturated heterocycles. The van der Waals surface area contributed by atoms with Gasteiger partial charge in [-0.1, -0.05) is 0 Å². The Balaban J connectivity index is 1.73. The van der Waals surface area contributed by atoms with Crippen molar-refractivity contribution >= 4 is 34.8 Å². The van der Waals surface area contributed by atoms with Crippen LogP contribution in [0.5, 0.6) is 0 Å². The maximum atomic E-state index is 13.5. The highest BCUT2D eigenvalue weighted by atomic mass is 19.1. The first-order valence-corrected chi connectivity index (χ1v) is 9.81. The Morgan fingerprint density at radius 1 is 1.22 bits per heavy atom. The van der Waals surface area contributed by atoms with Gasteiger partial charge in [0.05, 0.1) is 18.4 Å². The van der Waals surface area contributed by atoms with E-state index in [9.17, 15) is 18.8 Å². The van der Waals surface area contributed by atoms with Crippen LogP contribution in [0.1, 0.15) is 42.4 Å². The van der Waals surface area contributed by atoms with E-state index in [0.29, 0.717) is 28.1 Å². The van der Waals surface area contributed by atoms with Crippen LogP contribution in [-0.2, 0) is 19.0 Å². The van der Waals surface area contributed by atoms with Crippen molar-refractivity contribution in [3.63, 3.8) is 0 Å². The van der Waals surface area contributed by atoms with Crippen LogP contribution in [0.4, 0.5) is 14.9 Å². The monoisotopic (exact) mass is 440 g/mol. The largest absolute Gasteiger partial charge is 0.488 e. The molecule has 32 heavy (non-hydrogen) atoms. The van der Waals surface area contributed by atoms with Crippen LogP contribution in [0, 0.1) is 5.82 Å². The van der Waals surface area contributed by atoms with Crippen molar-refractivity contribution in [2.45, 2.75) is 26.4 Å². The molecule has 2 aromatic rings. The molecule has 166 valence electrons. The number of nitrogens with one attached hydrogen (secondary N) is 1. The molecular weight excluding hydrogens is 419 g/mol. The van der Waals surface area contributed by atoms with Crippen molar-refractivity contribution in [2.24, 2.45) is 0 Å². The lowest BCUT2D eigenvalue weighted by Gasteiger charge is -2.20. The maximum Gasteiger partial charge on any atom is 0.419 e. The van der Waals surface area contributed by atoms with Crippen molar-refractivity contribution in [1.29, 1.82) is 0 Å². The molecule has 1 aromatic carbocycles. The number of hydrogen-bond acceptors (Lipinski definition) is 6. The van der Waals surface area contributed by atoms with Crippen LogP contribution in [0.15, 0.2) is 42.3 Å². The SMILES string of the molecule is COC(=O)c1cc(C2=CC(=C3C(=O)Nc4cc(F)ccc43)OC2)cn1C(=O)OC(C)(C)C. The minimum atomic E-state index is -0.759. The summed E-state index contributed by atoms with van der Waals surface area (Å²) in [4.78, 5) is 37.3. The molecule has 0 bridgehead atoms. The van der Waals surface area contributed by atoms with Crippen LogP contribution in [0.2, 0.25) is 0 Å². The molecular formula is C23H21FN2O6. The number of anilines is 1. The number of methoxy groups -OCH3 is 1. The van der Waals surface area contributed by atoms with Gasteiger partial charge in [0.1, 0.15) is 29.5 Å². The van der Waals surface area contributed by atoms with E-state index < -0.39 is 29.4 Å². The molecule has 0 atom stereocenters. The minimum Gasteiger partial charge on any atom is -0.488 e. The summed E-state index contributed by atoms with van der Waals surface area (Å²) in [5.74, 6) is -1.25. The number of rotatable bonds is 2. The second kappa shape index (κ2) is 7.67. The van der Waals surface area contributed by atoms with Gasteiger partial charge in [-0.25, -0.2) is 18.5 Å². The minimum absolute atomic E-state index is 0.00168. The van der Waals surface area contributed by atoms with Crippen molar-refractivity contribution < 1.29 is 33.0 Å². The Hall–Kier alpha value is -3.88. The van der Waals surface area contributed by atoms with E-state index in [-0.39, 0.29) is 17.9 Å². The molecule has 8 nitrogen and oxygen atoms in total. The van der Waals surface area contributed by atoms with Crippen molar-refractivity contribution in [1.82, 2.24) is 4.57 Å². The molecule has 1 amide bonds. The number of aromatic nitrogens is 1. The highest BCUT2D eigenvalue weighted by molar-refractivity contribution is 6.32. The zero-order chi connectivity index (χ0) is 23.2. The fourth-order valence-electron chi connectivity index (χ4n) is 3.46. The fraction of sp³-hybridized carbons (Fsp3) is 0.261. The number of nitrogens with zero attached hydrogens (tertiary/aromatic N) is 1. The fourth-order valence-corrected chi connectivity index (χ4v) is 3.46. The average molecular weight is 440 g/mol. The van der Waals surface area contributed by atoms with Gasteiger partial charge in [-0.2, -0.15) is 0 Å². The van der Waals surface area contributed by atoms with Crippen LogP contribution >= 0.6 is 0 Å². The van der Waals surface area contributed by atoms with Crippen molar-refractivity contribution in [3.8, 4) is 0 Å². The standard InChI is InChI=1S/C23H21FN2O6/c1-23(2,3)32-22(29)26-10-12(7-17(26)21(28)30-4)13-8-18(31-11-13)19-15-6-5-14(24)9-16(15)25-20(19)27/h5-10H,11H2,1-4H3,(H,25,27). The number of amides is 1. The smallest absolute Gasteiger partial charge is 0.419 e. The maximum absolute atomic E-state index is 13.5. The second-order valence-electron chi connectivity index (χ2n) is 8.30. The molecule has 0 aliphatic carbocycles. The Bertz CT molecular complexity index is 1220. The number of carbonyl (C=O) groups excluding carboxylic acids is 3. The molecule has 0 fully saturated rings. The lowest BCUT2D eigenvalue weighted by molar-refractivity contribution is -0.110. The summed E-state index contributed by atoms with van der Waals surface area (Å²) < 4.78 is 30.5. The molecule has 1 N–H and O–H groups in total. The van der Waals surface area contributed by atoms with Crippen LogP contribution in [0.25, 0.3) is 11.1 Å². The third-order valence-corrected chi connectivity index (χ3v) is 4.84. The number of hydrogen-bond donors (Lipinski definition) is 1. The van der Waals surface area contributed by atoms with Crippen LogP contribution < -0.4 is 5.32 Å². The van der Waals surface area contributed by atoms with E-state index in [4.69, 9.17) is 14.2 Å². The van der Waals surface area contributed by atoms with E-state index in [2.05, 4.69) is 5.32 Å². The highest BCUT2D eigenvalue weighted by Gasteiger charge is 2.31. The molecule has 3 heterocycles. The molecule has 4 rings (SSSR count). The predicted molar refractivity (Wildman–Crippen MR) is 113 cm³/mol. The van der Waals surface area contributed by atoms with Crippen molar-refractivity contribution in [3.05, 3.63) is 64.9 Å². The topological polar surface area (TPSA) is 95.9 Å². The summed E-state index contributed by atoms with van der Waals surface area (Å²) in [5, 5.41) is 2.62. The van der Waals surface area contributed by atoms with Crippen LogP contribution in [-0.4, -0.2) is 41.9 Å². The van der Waals surface area contributed by atoms with Crippen molar-refractivity contribution in [2.75, 3.05) is 19.0 Å².